The fourth-order valence-corrected chi connectivity index (χ4v) is 4.13. The lowest BCUT2D eigenvalue weighted by Crippen LogP contribution is -2.26. The predicted molar refractivity (Wildman–Crippen MR) is 131 cm³/mol. The molecule has 4 aromatic rings. The maximum absolute atomic E-state index is 13.1. The highest BCUT2D eigenvalue weighted by Crippen LogP contribution is 2.25. The summed E-state index contributed by atoms with van der Waals surface area (Å²) in [5.41, 5.74) is 8.57. The van der Waals surface area contributed by atoms with Crippen LogP contribution in [0.25, 0.3) is 5.69 Å². The van der Waals surface area contributed by atoms with E-state index in [2.05, 4.69) is 15.1 Å². The molecule has 0 unspecified atom stereocenters. The quantitative estimate of drug-likeness (QED) is 0.288. The molecule has 1 heterocycles. The number of nitrogens with one attached hydrogen (secondary N) is 1. The first-order chi connectivity index (χ1) is 15.5. The Hall–Kier alpha value is -3.63. The van der Waals surface area contributed by atoms with Crippen molar-refractivity contribution >= 4 is 23.7 Å². The Kier molecular flexibility index (Phi) is 6.52. The molecule has 1 aromatic heterocycles. The molecule has 0 spiro atoms. The van der Waals surface area contributed by atoms with E-state index in [0.29, 0.717) is 5.02 Å². The lowest BCUT2D eigenvalue weighted by atomic mass is 9.91. The SMILES string of the molecule is Cc1cc(/C=N\NC(=O)C(c2ccccc2)c2ccccc2)c(C)n1-c1cccc(Cl)c1. The van der Waals surface area contributed by atoms with E-state index >= 15 is 0 Å². The van der Waals surface area contributed by atoms with Crippen molar-refractivity contribution in [3.63, 3.8) is 0 Å². The maximum atomic E-state index is 13.1. The summed E-state index contributed by atoms with van der Waals surface area (Å²) < 4.78 is 2.12. The van der Waals surface area contributed by atoms with Crippen molar-refractivity contribution in [2.24, 2.45) is 5.10 Å². The zero-order valence-corrected chi connectivity index (χ0v) is 18.8. The highest BCUT2D eigenvalue weighted by atomic mass is 35.5. The van der Waals surface area contributed by atoms with Crippen molar-refractivity contribution in [2.45, 2.75) is 19.8 Å². The zero-order chi connectivity index (χ0) is 22.5. The molecule has 0 aliphatic heterocycles. The van der Waals surface area contributed by atoms with Gasteiger partial charge in [-0.15, -0.1) is 0 Å². The minimum absolute atomic E-state index is 0.178. The van der Waals surface area contributed by atoms with E-state index in [-0.39, 0.29) is 5.91 Å². The number of benzene rings is 3. The van der Waals surface area contributed by atoms with E-state index in [1.807, 2.05) is 105 Å². The Balaban J connectivity index is 1.57. The van der Waals surface area contributed by atoms with Crippen LogP contribution in [0.15, 0.2) is 96.1 Å². The average molecular weight is 442 g/mol. The van der Waals surface area contributed by atoms with E-state index < -0.39 is 5.92 Å². The zero-order valence-electron chi connectivity index (χ0n) is 18.0. The number of carbonyl (C=O) groups is 1. The summed E-state index contributed by atoms with van der Waals surface area (Å²) in [4.78, 5) is 13.1. The Morgan fingerprint density at radius 3 is 2.12 bits per heavy atom. The molecule has 1 amide bonds. The van der Waals surface area contributed by atoms with Crippen LogP contribution in [0, 0.1) is 13.8 Å². The molecular weight excluding hydrogens is 418 g/mol. The van der Waals surface area contributed by atoms with Crippen molar-refractivity contribution in [2.75, 3.05) is 0 Å². The van der Waals surface area contributed by atoms with E-state index in [9.17, 15) is 4.79 Å². The van der Waals surface area contributed by atoms with Crippen molar-refractivity contribution in [3.05, 3.63) is 124 Å². The first-order valence-electron chi connectivity index (χ1n) is 10.4. The molecular formula is C27H24ClN3O. The second-order valence-corrected chi connectivity index (χ2v) is 8.07. The number of hydrogen-bond donors (Lipinski definition) is 1. The summed E-state index contributed by atoms with van der Waals surface area (Å²) in [6.45, 7) is 4.05. The summed E-state index contributed by atoms with van der Waals surface area (Å²) >= 11 is 6.17. The monoisotopic (exact) mass is 441 g/mol. The van der Waals surface area contributed by atoms with Gasteiger partial charge in [0.2, 0.25) is 0 Å². The van der Waals surface area contributed by atoms with Gasteiger partial charge in [-0.05, 0) is 49.2 Å². The number of carbonyl (C=O) groups excluding carboxylic acids is 1. The number of rotatable bonds is 6. The van der Waals surface area contributed by atoms with Crippen LogP contribution in [0.2, 0.25) is 5.02 Å². The number of halogens is 1. The Morgan fingerprint density at radius 2 is 1.53 bits per heavy atom. The number of hydrogen-bond acceptors (Lipinski definition) is 2. The summed E-state index contributed by atoms with van der Waals surface area (Å²) in [5.74, 6) is -0.615. The van der Waals surface area contributed by atoms with Gasteiger partial charge < -0.3 is 4.57 Å². The molecule has 160 valence electrons. The maximum Gasteiger partial charge on any atom is 0.252 e. The van der Waals surface area contributed by atoms with E-state index in [0.717, 1.165) is 33.8 Å². The molecule has 5 heteroatoms. The minimum atomic E-state index is -0.437. The highest BCUT2D eigenvalue weighted by molar-refractivity contribution is 6.30. The van der Waals surface area contributed by atoms with Gasteiger partial charge in [-0.3, -0.25) is 4.79 Å². The third-order valence-corrected chi connectivity index (χ3v) is 5.68. The van der Waals surface area contributed by atoms with Crippen LogP contribution in [0.5, 0.6) is 0 Å². The predicted octanol–water partition coefficient (Wildman–Crippen LogP) is 6.03. The summed E-state index contributed by atoms with van der Waals surface area (Å²) in [6, 6.07) is 29.2. The summed E-state index contributed by atoms with van der Waals surface area (Å²) in [7, 11) is 0. The van der Waals surface area contributed by atoms with E-state index in [1.54, 1.807) is 6.21 Å². The first-order valence-corrected chi connectivity index (χ1v) is 10.8. The third-order valence-electron chi connectivity index (χ3n) is 5.44. The van der Waals surface area contributed by atoms with Gasteiger partial charge >= 0.3 is 0 Å². The molecule has 0 aliphatic rings. The second kappa shape index (κ2) is 9.67. The van der Waals surface area contributed by atoms with Gasteiger partial charge in [-0.1, -0.05) is 78.3 Å². The van der Waals surface area contributed by atoms with Crippen molar-refractivity contribution in [3.8, 4) is 5.69 Å². The fourth-order valence-electron chi connectivity index (χ4n) is 3.95. The average Bonchev–Trinajstić information content (AvgIpc) is 3.08. The minimum Gasteiger partial charge on any atom is -0.318 e. The van der Waals surface area contributed by atoms with Gasteiger partial charge in [0.1, 0.15) is 0 Å². The van der Waals surface area contributed by atoms with Crippen LogP contribution in [-0.4, -0.2) is 16.7 Å². The molecule has 0 saturated heterocycles. The van der Waals surface area contributed by atoms with Crippen molar-refractivity contribution in [1.29, 1.82) is 0 Å². The van der Waals surface area contributed by atoms with Crippen LogP contribution < -0.4 is 5.43 Å². The molecule has 4 rings (SSSR count). The summed E-state index contributed by atoms with van der Waals surface area (Å²) in [5, 5.41) is 4.96. The molecule has 0 aliphatic carbocycles. The van der Waals surface area contributed by atoms with Crippen molar-refractivity contribution < 1.29 is 4.79 Å². The molecule has 3 aromatic carbocycles. The fraction of sp³-hybridized carbons (Fsp3) is 0.111. The molecule has 32 heavy (non-hydrogen) atoms. The van der Waals surface area contributed by atoms with Crippen molar-refractivity contribution in [1.82, 2.24) is 9.99 Å². The number of nitrogens with zero attached hydrogens (tertiary/aromatic N) is 2. The molecule has 0 radical (unpaired) electrons. The smallest absolute Gasteiger partial charge is 0.252 e. The van der Waals surface area contributed by atoms with Crippen LogP contribution in [-0.2, 0) is 4.79 Å². The van der Waals surface area contributed by atoms with E-state index in [4.69, 9.17) is 11.6 Å². The molecule has 4 nitrogen and oxygen atoms in total. The molecule has 0 atom stereocenters. The highest BCUT2D eigenvalue weighted by Gasteiger charge is 2.22. The van der Waals surface area contributed by atoms with Gasteiger partial charge in [-0.25, -0.2) is 5.43 Å². The number of aryl methyl sites for hydroxylation is 1. The third kappa shape index (κ3) is 4.66. The van der Waals surface area contributed by atoms with Gasteiger partial charge in [-0.2, -0.15) is 5.10 Å². The Labute approximate surface area is 193 Å². The van der Waals surface area contributed by atoms with Crippen LogP contribution >= 0.6 is 11.6 Å². The van der Waals surface area contributed by atoms with Gasteiger partial charge in [0.25, 0.3) is 5.91 Å². The lowest BCUT2D eigenvalue weighted by molar-refractivity contribution is -0.121. The van der Waals surface area contributed by atoms with E-state index in [1.165, 1.54) is 0 Å². The van der Waals surface area contributed by atoms with Crippen LogP contribution in [0.4, 0.5) is 0 Å². The molecule has 1 N–H and O–H groups in total. The number of aromatic nitrogens is 1. The van der Waals surface area contributed by atoms with Gasteiger partial charge in [0.05, 0.1) is 12.1 Å². The lowest BCUT2D eigenvalue weighted by Gasteiger charge is -2.16. The molecule has 0 fully saturated rings. The molecule has 0 bridgehead atoms. The van der Waals surface area contributed by atoms with Crippen LogP contribution in [0.1, 0.15) is 34.0 Å². The Bertz CT molecular complexity index is 1210. The first kappa shape index (κ1) is 21.6. The number of hydrazone groups is 1. The standard InChI is InChI=1S/C27H24ClN3O/c1-19-16-23(20(2)31(19)25-15-9-14-24(28)17-25)18-29-30-27(32)26(21-10-5-3-6-11-21)22-12-7-4-8-13-22/h3-18,26H,1-2H3,(H,30,32)/b29-18-. The normalized spacial score (nSPS) is 11.2. The van der Waals surface area contributed by atoms with Gasteiger partial charge in [0, 0.05) is 27.7 Å². The molecule has 0 saturated carbocycles. The topological polar surface area (TPSA) is 46.4 Å². The second-order valence-electron chi connectivity index (χ2n) is 7.63. The van der Waals surface area contributed by atoms with Gasteiger partial charge in [0.15, 0.2) is 0 Å². The summed E-state index contributed by atoms with van der Waals surface area (Å²) in [6.07, 6.45) is 1.69. The largest absolute Gasteiger partial charge is 0.318 e. The van der Waals surface area contributed by atoms with Crippen LogP contribution in [0.3, 0.4) is 0 Å². The Morgan fingerprint density at radius 1 is 0.906 bits per heavy atom. The number of amides is 1.